The summed E-state index contributed by atoms with van der Waals surface area (Å²) in [4.78, 5) is 15.2. The molecule has 3 heterocycles. The van der Waals surface area contributed by atoms with Crippen LogP contribution in [0.4, 0.5) is 4.79 Å². The third-order valence-electron chi connectivity index (χ3n) is 3.65. The number of nitrogens with zero attached hydrogens (tertiary/aromatic N) is 1. The molecule has 0 aliphatic carbocycles. The highest BCUT2D eigenvalue weighted by Gasteiger charge is 2.30. The number of hydrogen-bond donors (Lipinski definition) is 1. The van der Waals surface area contributed by atoms with E-state index in [9.17, 15) is 13.2 Å². The highest BCUT2D eigenvalue weighted by atomic mass is 32.2. The van der Waals surface area contributed by atoms with Gasteiger partial charge in [0.2, 0.25) is 0 Å². The average Bonchev–Trinajstić information content (AvgIpc) is 2.94. The molecule has 1 aromatic rings. The van der Waals surface area contributed by atoms with Crippen LogP contribution in [0.15, 0.2) is 11.4 Å². The number of fused-ring (bicyclic) bond motifs is 1. The van der Waals surface area contributed by atoms with Crippen LogP contribution in [0.5, 0.6) is 0 Å². The van der Waals surface area contributed by atoms with Gasteiger partial charge in [-0.2, -0.15) is 0 Å². The Morgan fingerprint density at radius 1 is 1.47 bits per heavy atom. The van der Waals surface area contributed by atoms with Crippen molar-refractivity contribution in [1.82, 2.24) is 10.2 Å². The third-order valence-corrected chi connectivity index (χ3v) is 6.45. The molecule has 1 atom stereocenters. The van der Waals surface area contributed by atoms with Crippen molar-refractivity contribution in [3.05, 3.63) is 21.9 Å². The molecule has 2 aliphatic heterocycles. The zero-order chi connectivity index (χ0) is 13.5. The first-order chi connectivity index (χ1) is 9.03. The molecule has 1 unspecified atom stereocenters. The van der Waals surface area contributed by atoms with Crippen LogP contribution in [0.25, 0.3) is 0 Å². The van der Waals surface area contributed by atoms with Crippen LogP contribution in [0.3, 0.4) is 0 Å². The van der Waals surface area contributed by atoms with Gasteiger partial charge in [0.1, 0.15) is 0 Å². The predicted octanol–water partition coefficient (Wildman–Crippen LogP) is 1.00. The van der Waals surface area contributed by atoms with E-state index in [1.54, 1.807) is 16.2 Å². The summed E-state index contributed by atoms with van der Waals surface area (Å²) in [5.41, 5.74) is 1.21. The number of urea groups is 1. The van der Waals surface area contributed by atoms with Crippen molar-refractivity contribution in [2.24, 2.45) is 0 Å². The van der Waals surface area contributed by atoms with Gasteiger partial charge in [0.25, 0.3) is 0 Å². The van der Waals surface area contributed by atoms with Crippen molar-refractivity contribution >= 4 is 27.2 Å². The van der Waals surface area contributed by atoms with Gasteiger partial charge in [0.15, 0.2) is 9.84 Å². The summed E-state index contributed by atoms with van der Waals surface area (Å²) < 4.78 is 22.7. The quantitative estimate of drug-likeness (QED) is 0.841. The minimum atomic E-state index is -2.94. The topological polar surface area (TPSA) is 66.5 Å². The van der Waals surface area contributed by atoms with E-state index in [1.165, 1.54) is 10.4 Å². The largest absolute Gasteiger partial charge is 0.334 e. The Labute approximate surface area is 116 Å². The van der Waals surface area contributed by atoms with E-state index in [-0.39, 0.29) is 23.6 Å². The summed E-state index contributed by atoms with van der Waals surface area (Å²) in [6.45, 7) is 1.34. The summed E-state index contributed by atoms with van der Waals surface area (Å²) >= 11 is 1.73. The molecule has 19 heavy (non-hydrogen) atoms. The van der Waals surface area contributed by atoms with Gasteiger partial charge < -0.3 is 10.2 Å². The molecule has 0 saturated carbocycles. The van der Waals surface area contributed by atoms with Gasteiger partial charge in [-0.3, -0.25) is 0 Å². The highest BCUT2D eigenvalue weighted by molar-refractivity contribution is 7.91. The Morgan fingerprint density at radius 3 is 3.05 bits per heavy atom. The molecule has 1 aromatic heterocycles. The lowest BCUT2D eigenvalue weighted by Crippen LogP contribution is -2.46. The van der Waals surface area contributed by atoms with Gasteiger partial charge in [-0.15, -0.1) is 11.3 Å². The normalized spacial score (nSPS) is 25.1. The summed E-state index contributed by atoms with van der Waals surface area (Å²) in [6.07, 6.45) is 1.43. The minimum absolute atomic E-state index is 0.0796. The fraction of sp³-hybridized carbons (Fsp3) is 0.583. The summed E-state index contributed by atoms with van der Waals surface area (Å²) in [5, 5.41) is 4.89. The van der Waals surface area contributed by atoms with E-state index in [2.05, 4.69) is 16.8 Å². The molecule has 3 rings (SSSR count). The number of amides is 2. The molecule has 0 bridgehead atoms. The Morgan fingerprint density at radius 2 is 2.32 bits per heavy atom. The molecule has 2 amide bonds. The second-order valence-corrected chi connectivity index (χ2v) is 8.32. The lowest BCUT2D eigenvalue weighted by Gasteiger charge is -2.28. The molecular formula is C12H16N2O3S2. The van der Waals surface area contributed by atoms with E-state index in [0.29, 0.717) is 19.5 Å². The van der Waals surface area contributed by atoms with E-state index < -0.39 is 9.84 Å². The molecule has 5 nitrogen and oxygen atoms in total. The number of carbonyl (C=O) groups is 1. The zero-order valence-corrected chi connectivity index (χ0v) is 12.1. The Hall–Kier alpha value is -1.08. The second-order valence-electron chi connectivity index (χ2n) is 5.09. The predicted molar refractivity (Wildman–Crippen MR) is 74.0 cm³/mol. The fourth-order valence-corrected chi connectivity index (χ4v) is 5.16. The monoisotopic (exact) mass is 300 g/mol. The fourth-order valence-electron chi connectivity index (χ4n) is 2.60. The van der Waals surface area contributed by atoms with Crippen molar-refractivity contribution in [3.8, 4) is 0 Å². The van der Waals surface area contributed by atoms with Crippen molar-refractivity contribution in [2.45, 2.75) is 25.4 Å². The Kier molecular flexibility index (Phi) is 3.26. The molecule has 0 spiro atoms. The van der Waals surface area contributed by atoms with Crippen molar-refractivity contribution in [3.63, 3.8) is 0 Å². The maximum atomic E-state index is 12.1. The molecule has 104 valence electrons. The average molecular weight is 300 g/mol. The standard InChI is InChI=1S/C12H16N2O3S2/c15-12(13-10-3-6-19(16,17)8-10)14-4-1-11-9(7-14)2-5-18-11/h2,5,10H,1,3-4,6-8H2,(H,13,15). The van der Waals surface area contributed by atoms with Crippen molar-refractivity contribution in [2.75, 3.05) is 18.1 Å². The summed E-state index contributed by atoms with van der Waals surface area (Å²) in [7, 11) is -2.94. The molecule has 0 aromatic carbocycles. The van der Waals surface area contributed by atoms with Crippen LogP contribution in [0.1, 0.15) is 16.9 Å². The number of sulfone groups is 1. The SMILES string of the molecule is O=C(NC1CCS(=O)(=O)C1)N1CCc2sccc2C1. The van der Waals surface area contributed by atoms with Crippen LogP contribution in [0.2, 0.25) is 0 Å². The number of nitrogens with one attached hydrogen (secondary N) is 1. The van der Waals surface area contributed by atoms with Crippen LogP contribution in [0, 0.1) is 0 Å². The summed E-state index contributed by atoms with van der Waals surface area (Å²) in [5.74, 6) is 0.267. The van der Waals surface area contributed by atoms with Gasteiger partial charge >= 0.3 is 6.03 Å². The van der Waals surface area contributed by atoms with Crippen LogP contribution >= 0.6 is 11.3 Å². The minimum Gasteiger partial charge on any atom is -0.334 e. The Bertz CT molecular complexity index is 594. The zero-order valence-electron chi connectivity index (χ0n) is 10.5. The van der Waals surface area contributed by atoms with Gasteiger partial charge in [-0.25, -0.2) is 13.2 Å². The third kappa shape index (κ3) is 2.76. The number of carbonyl (C=O) groups excluding carboxylic acids is 1. The van der Waals surface area contributed by atoms with Gasteiger partial charge in [0.05, 0.1) is 11.5 Å². The summed E-state index contributed by atoms with van der Waals surface area (Å²) in [6, 6.07) is 1.69. The molecule has 0 radical (unpaired) electrons. The molecule has 7 heteroatoms. The van der Waals surface area contributed by atoms with Crippen LogP contribution in [-0.2, 0) is 22.8 Å². The van der Waals surface area contributed by atoms with Crippen LogP contribution in [-0.4, -0.2) is 43.4 Å². The smallest absolute Gasteiger partial charge is 0.317 e. The maximum absolute atomic E-state index is 12.1. The van der Waals surface area contributed by atoms with E-state index in [0.717, 1.165) is 6.42 Å². The van der Waals surface area contributed by atoms with E-state index in [1.807, 2.05) is 0 Å². The molecule has 1 fully saturated rings. The number of hydrogen-bond acceptors (Lipinski definition) is 4. The number of rotatable bonds is 1. The second kappa shape index (κ2) is 4.79. The van der Waals surface area contributed by atoms with Gasteiger partial charge in [-0.05, 0) is 29.9 Å². The first-order valence-corrected chi connectivity index (χ1v) is 9.05. The lowest BCUT2D eigenvalue weighted by molar-refractivity contribution is 0.189. The van der Waals surface area contributed by atoms with Crippen molar-refractivity contribution < 1.29 is 13.2 Å². The highest BCUT2D eigenvalue weighted by Crippen LogP contribution is 2.24. The molecule has 1 saturated heterocycles. The number of thiophene rings is 1. The van der Waals surface area contributed by atoms with Crippen molar-refractivity contribution in [1.29, 1.82) is 0 Å². The van der Waals surface area contributed by atoms with Crippen LogP contribution < -0.4 is 5.32 Å². The van der Waals surface area contributed by atoms with Gasteiger partial charge in [0, 0.05) is 24.0 Å². The maximum Gasteiger partial charge on any atom is 0.317 e. The lowest BCUT2D eigenvalue weighted by atomic mass is 10.1. The Balaban J connectivity index is 1.60. The molecule has 2 aliphatic rings. The first kappa shape index (κ1) is 12.9. The first-order valence-electron chi connectivity index (χ1n) is 6.34. The molecular weight excluding hydrogens is 284 g/mol. The van der Waals surface area contributed by atoms with E-state index >= 15 is 0 Å². The molecule has 1 N–H and O–H groups in total. The van der Waals surface area contributed by atoms with Gasteiger partial charge in [-0.1, -0.05) is 0 Å². The van der Waals surface area contributed by atoms with E-state index in [4.69, 9.17) is 0 Å².